The lowest BCUT2D eigenvalue weighted by Gasteiger charge is -2.07. The Morgan fingerprint density at radius 1 is 1.42 bits per heavy atom. The minimum Gasteiger partial charge on any atom is -0.397 e. The molecule has 98 valence electrons. The average Bonchev–Trinajstić information content (AvgIpc) is 2.40. The van der Waals surface area contributed by atoms with Crippen molar-refractivity contribution in [1.29, 1.82) is 0 Å². The fourth-order valence-corrected chi connectivity index (χ4v) is 1.73. The van der Waals surface area contributed by atoms with Crippen LogP contribution in [0.15, 0.2) is 36.5 Å². The number of hydrogen-bond donors (Lipinski definition) is 2. The normalized spacial score (nSPS) is 10.2. The van der Waals surface area contributed by atoms with Crippen molar-refractivity contribution < 1.29 is 9.18 Å². The minimum absolute atomic E-state index is 0.0558. The highest BCUT2D eigenvalue weighted by molar-refractivity contribution is 6.32. The Kier molecular flexibility index (Phi) is 3.97. The zero-order chi connectivity index (χ0) is 13.8. The van der Waals surface area contributed by atoms with Crippen molar-refractivity contribution in [3.63, 3.8) is 0 Å². The van der Waals surface area contributed by atoms with Crippen molar-refractivity contribution in [2.75, 3.05) is 5.73 Å². The summed E-state index contributed by atoms with van der Waals surface area (Å²) in [6.07, 6.45) is 1.36. The van der Waals surface area contributed by atoms with Gasteiger partial charge in [0.25, 0.3) is 5.91 Å². The number of benzene rings is 1. The van der Waals surface area contributed by atoms with Gasteiger partial charge < -0.3 is 11.1 Å². The number of amides is 1. The smallest absolute Gasteiger partial charge is 0.254 e. The van der Waals surface area contributed by atoms with Gasteiger partial charge in [0.05, 0.1) is 17.4 Å². The summed E-state index contributed by atoms with van der Waals surface area (Å²) < 4.78 is 13.4. The standard InChI is InChI=1S/C13H11ClFN3O/c14-12-10(5-9(16)7-17-12)13(19)18-6-8-3-1-2-4-11(8)15/h1-5,7H,6,16H2,(H,18,19). The van der Waals surface area contributed by atoms with E-state index in [9.17, 15) is 9.18 Å². The van der Waals surface area contributed by atoms with E-state index < -0.39 is 5.91 Å². The Balaban J connectivity index is 2.10. The Morgan fingerprint density at radius 3 is 2.89 bits per heavy atom. The molecule has 2 rings (SSSR count). The highest BCUT2D eigenvalue weighted by Crippen LogP contribution is 2.15. The number of aromatic nitrogens is 1. The molecule has 19 heavy (non-hydrogen) atoms. The van der Waals surface area contributed by atoms with Crippen LogP contribution in [0.2, 0.25) is 5.15 Å². The third-order valence-electron chi connectivity index (χ3n) is 2.50. The topological polar surface area (TPSA) is 68.0 Å². The van der Waals surface area contributed by atoms with Crippen LogP contribution in [0.4, 0.5) is 10.1 Å². The molecule has 0 unspecified atom stereocenters. The van der Waals surface area contributed by atoms with E-state index in [1.807, 2.05) is 0 Å². The predicted octanol–water partition coefficient (Wildman–Crippen LogP) is 2.39. The van der Waals surface area contributed by atoms with E-state index in [0.717, 1.165) is 0 Å². The number of nitrogens with one attached hydrogen (secondary N) is 1. The summed E-state index contributed by atoms with van der Waals surface area (Å²) in [6.45, 7) is 0.0661. The van der Waals surface area contributed by atoms with Crippen molar-refractivity contribution in [2.24, 2.45) is 0 Å². The van der Waals surface area contributed by atoms with Crippen LogP contribution >= 0.6 is 11.6 Å². The molecular weight excluding hydrogens is 269 g/mol. The first-order valence-electron chi connectivity index (χ1n) is 5.50. The van der Waals surface area contributed by atoms with Gasteiger partial charge in [0, 0.05) is 12.1 Å². The molecule has 0 saturated heterocycles. The Labute approximate surface area is 114 Å². The number of nitrogens with zero attached hydrogens (tertiary/aromatic N) is 1. The molecule has 0 aliphatic carbocycles. The Bertz CT molecular complexity index is 619. The van der Waals surface area contributed by atoms with E-state index in [4.69, 9.17) is 17.3 Å². The Hall–Kier alpha value is -2.14. The number of hydrogen-bond acceptors (Lipinski definition) is 3. The lowest BCUT2D eigenvalue weighted by molar-refractivity contribution is 0.0950. The van der Waals surface area contributed by atoms with Crippen LogP contribution in [0.3, 0.4) is 0 Å². The number of pyridine rings is 1. The van der Waals surface area contributed by atoms with Gasteiger partial charge in [-0.3, -0.25) is 4.79 Å². The molecule has 4 nitrogen and oxygen atoms in total. The van der Waals surface area contributed by atoms with E-state index >= 15 is 0 Å². The zero-order valence-corrected chi connectivity index (χ0v) is 10.6. The van der Waals surface area contributed by atoms with Crippen LogP contribution in [-0.2, 0) is 6.54 Å². The SMILES string of the molecule is Nc1cnc(Cl)c(C(=O)NCc2ccccc2F)c1. The van der Waals surface area contributed by atoms with Crippen molar-refractivity contribution in [1.82, 2.24) is 10.3 Å². The lowest BCUT2D eigenvalue weighted by atomic mass is 10.2. The monoisotopic (exact) mass is 279 g/mol. The summed E-state index contributed by atoms with van der Waals surface area (Å²) in [5.41, 5.74) is 6.43. The van der Waals surface area contributed by atoms with Crippen molar-refractivity contribution in [2.45, 2.75) is 6.54 Å². The van der Waals surface area contributed by atoms with E-state index in [1.54, 1.807) is 18.2 Å². The number of nitrogens with two attached hydrogens (primary N) is 1. The third kappa shape index (κ3) is 3.20. The maximum absolute atomic E-state index is 13.4. The number of anilines is 1. The van der Waals surface area contributed by atoms with Gasteiger partial charge in [-0.15, -0.1) is 0 Å². The second-order valence-electron chi connectivity index (χ2n) is 3.88. The molecular formula is C13H11ClFN3O. The summed E-state index contributed by atoms with van der Waals surface area (Å²) >= 11 is 5.80. The summed E-state index contributed by atoms with van der Waals surface area (Å²) in [5, 5.41) is 2.62. The molecule has 0 spiro atoms. The van der Waals surface area contributed by atoms with E-state index in [1.165, 1.54) is 18.3 Å². The van der Waals surface area contributed by atoms with Crippen LogP contribution < -0.4 is 11.1 Å². The molecule has 1 amide bonds. The first-order chi connectivity index (χ1) is 9.08. The Morgan fingerprint density at radius 2 is 2.16 bits per heavy atom. The third-order valence-corrected chi connectivity index (χ3v) is 2.80. The molecule has 1 aromatic carbocycles. The highest BCUT2D eigenvalue weighted by Gasteiger charge is 2.12. The summed E-state index contributed by atoms with van der Waals surface area (Å²) in [4.78, 5) is 15.7. The average molecular weight is 280 g/mol. The maximum Gasteiger partial charge on any atom is 0.254 e. The molecule has 2 aromatic rings. The molecule has 1 heterocycles. The molecule has 0 fully saturated rings. The molecule has 0 bridgehead atoms. The molecule has 0 atom stereocenters. The quantitative estimate of drug-likeness (QED) is 0.848. The van der Waals surface area contributed by atoms with E-state index in [-0.39, 0.29) is 23.1 Å². The van der Waals surface area contributed by atoms with Crippen molar-refractivity contribution in [3.05, 3.63) is 58.6 Å². The number of rotatable bonds is 3. The van der Waals surface area contributed by atoms with Gasteiger partial charge in [-0.2, -0.15) is 0 Å². The second-order valence-corrected chi connectivity index (χ2v) is 4.24. The van der Waals surface area contributed by atoms with Gasteiger partial charge in [0.2, 0.25) is 0 Å². The number of carbonyl (C=O) groups is 1. The van der Waals surface area contributed by atoms with Crippen molar-refractivity contribution in [3.8, 4) is 0 Å². The van der Waals surface area contributed by atoms with Crippen LogP contribution in [-0.4, -0.2) is 10.9 Å². The number of nitrogen functional groups attached to an aromatic ring is 1. The zero-order valence-electron chi connectivity index (χ0n) is 9.86. The van der Waals surface area contributed by atoms with Crippen LogP contribution in [0.5, 0.6) is 0 Å². The molecule has 1 aromatic heterocycles. The molecule has 6 heteroatoms. The van der Waals surface area contributed by atoms with Gasteiger partial charge in [-0.25, -0.2) is 9.37 Å². The van der Waals surface area contributed by atoms with Gasteiger partial charge in [-0.05, 0) is 12.1 Å². The molecule has 0 aliphatic heterocycles. The van der Waals surface area contributed by atoms with Gasteiger partial charge in [0.15, 0.2) is 0 Å². The summed E-state index contributed by atoms with van der Waals surface area (Å²) in [6, 6.07) is 7.62. The second kappa shape index (κ2) is 5.67. The molecule has 0 radical (unpaired) electrons. The van der Waals surface area contributed by atoms with Crippen molar-refractivity contribution >= 4 is 23.2 Å². The molecule has 3 N–H and O–H groups in total. The minimum atomic E-state index is -0.451. The van der Waals surface area contributed by atoms with Crippen LogP contribution in [0, 0.1) is 5.82 Å². The van der Waals surface area contributed by atoms with E-state index in [0.29, 0.717) is 11.3 Å². The highest BCUT2D eigenvalue weighted by atomic mass is 35.5. The molecule has 0 saturated carbocycles. The summed E-state index contributed by atoms with van der Waals surface area (Å²) in [7, 11) is 0. The predicted molar refractivity (Wildman–Crippen MR) is 71.2 cm³/mol. The number of halogens is 2. The largest absolute Gasteiger partial charge is 0.397 e. The summed E-state index contributed by atoms with van der Waals surface area (Å²) in [5.74, 6) is -0.826. The van der Waals surface area contributed by atoms with Gasteiger partial charge >= 0.3 is 0 Å². The first-order valence-corrected chi connectivity index (χ1v) is 5.88. The van der Waals surface area contributed by atoms with Crippen LogP contribution in [0.1, 0.15) is 15.9 Å². The fourth-order valence-electron chi connectivity index (χ4n) is 1.54. The fraction of sp³-hybridized carbons (Fsp3) is 0.0769. The molecule has 0 aliphatic rings. The van der Waals surface area contributed by atoms with E-state index in [2.05, 4.69) is 10.3 Å². The maximum atomic E-state index is 13.4. The first kappa shape index (κ1) is 13.3. The van der Waals surface area contributed by atoms with Crippen LogP contribution in [0.25, 0.3) is 0 Å². The van der Waals surface area contributed by atoms with Gasteiger partial charge in [-0.1, -0.05) is 29.8 Å². The lowest BCUT2D eigenvalue weighted by Crippen LogP contribution is -2.24. The van der Waals surface area contributed by atoms with Gasteiger partial charge in [0.1, 0.15) is 11.0 Å². The number of carbonyl (C=O) groups excluding carboxylic acids is 1.